The summed E-state index contributed by atoms with van der Waals surface area (Å²) in [5.74, 6) is -2.53. The van der Waals surface area contributed by atoms with Gasteiger partial charge >= 0.3 is 12.1 Å². The fourth-order valence-electron chi connectivity index (χ4n) is 3.50. The van der Waals surface area contributed by atoms with Crippen molar-refractivity contribution in [3.63, 3.8) is 0 Å². The Hall–Kier alpha value is -4.47. The zero-order valence-corrected chi connectivity index (χ0v) is 19.8. The van der Waals surface area contributed by atoms with Gasteiger partial charge < -0.3 is 23.4 Å². The quantitative estimate of drug-likeness (QED) is 0.253. The lowest BCUT2D eigenvalue weighted by Gasteiger charge is -2.14. The number of ether oxygens (including phenoxy) is 4. The van der Waals surface area contributed by atoms with Crippen molar-refractivity contribution in [3.8, 4) is 23.0 Å². The third-order valence-corrected chi connectivity index (χ3v) is 5.25. The Bertz CT molecular complexity index is 1470. The van der Waals surface area contributed by atoms with Gasteiger partial charge in [0.05, 0.1) is 24.7 Å². The van der Waals surface area contributed by atoms with Gasteiger partial charge in [-0.25, -0.2) is 4.79 Å². The van der Waals surface area contributed by atoms with Crippen molar-refractivity contribution in [3.05, 3.63) is 93.8 Å². The molecule has 7 nitrogen and oxygen atoms in total. The fourth-order valence-corrected chi connectivity index (χ4v) is 3.50. The van der Waals surface area contributed by atoms with E-state index in [2.05, 4.69) is 0 Å². The molecule has 4 aromatic rings. The van der Waals surface area contributed by atoms with Crippen LogP contribution in [0.25, 0.3) is 11.0 Å². The maximum Gasteiger partial charge on any atom is 0.453 e. The van der Waals surface area contributed by atoms with Gasteiger partial charge in [0, 0.05) is 11.6 Å². The van der Waals surface area contributed by atoms with Crippen molar-refractivity contribution >= 4 is 16.9 Å². The summed E-state index contributed by atoms with van der Waals surface area (Å²) in [7, 11) is 1.51. The number of esters is 1. The molecule has 0 spiro atoms. The molecule has 0 unspecified atom stereocenters. The Morgan fingerprint density at radius 3 is 2.35 bits per heavy atom. The van der Waals surface area contributed by atoms with E-state index in [1.54, 1.807) is 31.2 Å². The molecule has 37 heavy (non-hydrogen) atoms. The normalized spacial score (nSPS) is 11.3. The highest BCUT2D eigenvalue weighted by Gasteiger charge is 2.40. The molecule has 3 aromatic carbocycles. The first-order valence-corrected chi connectivity index (χ1v) is 11.1. The minimum atomic E-state index is -5.03. The molecule has 0 aliphatic rings. The SMILES string of the molecule is CCOC(=O)c1ccc(Oc2c(C(F)(F)F)oc3cc(OCc4ccccc4OC)ccc3c2=O)cc1. The lowest BCUT2D eigenvalue weighted by molar-refractivity contribution is -0.154. The fraction of sp³-hybridized carbons (Fsp3) is 0.185. The summed E-state index contributed by atoms with van der Waals surface area (Å²) in [6, 6.07) is 16.2. The first-order chi connectivity index (χ1) is 17.7. The minimum Gasteiger partial charge on any atom is -0.496 e. The van der Waals surface area contributed by atoms with Crippen LogP contribution in [0.15, 0.2) is 75.9 Å². The number of hydrogen-bond donors (Lipinski definition) is 0. The third-order valence-electron chi connectivity index (χ3n) is 5.25. The van der Waals surface area contributed by atoms with Crippen LogP contribution in [0.2, 0.25) is 0 Å². The maximum absolute atomic E-state index is 13.8. The summed E-state index contributed by atoms with van der Waals surface area (Å²) in [5.41, 5.74) is -0.434. The zero-order chi connectivity index (χ0) is 26.6. The molecule has 0 aliphatic heterocycles. The van der Waals surface area contributed by atoms with Gasteiger partial charge in [-0.05, 0) is 49.4 Å². The number of para-hydroxylation sites is 1. The minimum absolute atomic E-state index is 0.0782. The zero-order valence-electron chi connectivity index (χ0n) is 19.8. The van der Waals surface area contributed by atoms with Crippen LogP contribution in [0.5, 0.6) is 23.0 Å². The molecule has 0 saturated heterocycles. The predicted octanol–water partition coefficient (Wildman–Crippen LogP) is 6.37. The van der Waals surface area contributed by atoms with Gasteiger partial charge in [0.1, 0.15) is 29.4 Å². The maximum atomic E-state index is 13.8. The van der Waals surface area contributed by atoms with Crippen molar-refractivity contribution in [1.82, 2.24) is 0 Å². The standard InChI is InChI=1S/C27H21F3O7/c1-3-34-26(32)16-8-10-18(11-9-16)36-24-23(31)20-13-12-19(14-22(20)37-25(24)27(28,29)30)35-15-17-6-4-5-7-21(17)33-2/h4-14H,3,15H2,1-2H3. The third kappa shape index (κ3) is 5.69. The van der Waals surface area contributed by atoms with Gasteiger partial charge in [0.25, 0.3) is 5.76 Å². The molecule has 1 aromatic heterocycles. The molecule has 0 aliphatic carbocycles. The first kappa shape index (κ1) is 25.6. The second-order valence-electron chi connectivity index (χ2n) is 7.69. The van der Waals surface area contributed by atoms with Crippen LogP contribution in [-0.2, 0) is 17.5 Å². The number of alkyl halides is 3. The van der Waals surface area contributed by atoms with Gasteiger partial charge in [0.15, 0.2) is 0 Å². The van der Waals surface area contributed by atoms with E-state index in [9.17, 15) is 22.8 Å². The molecule has 0 amide bonds. The van der Waals surface area contributed by atoms with E-state index in [-0.39, 0.29) is 41.2 Å². The molecular weight excluding hydrogens is 493 g/mol. The average Bonchev–Trinajstić information content (AvgIpc) is 2.89. The Morgan fingerprint density at radius 1 is 0.973 bits per heavy atom. The van der Waals surface area contributed by atoms with Gasteiger partial charge in [0.2, 0.25) is 11.2 Å². The summed E-state index contributed by atoms with van der Waals surface area (Å²) >= 11 is 0. The molecule has 0 saturated carbocycles. The van der Waals surface area contributed by atoms with E-state index in [1.165, 1.54) is 49.6 Å². The number of rotatable bonds is 8. The smallest absolute Gasteiger partial charge is 0.453 e. The summed E-state index contributed by atoms with van der Waals surface area (Å²) in [6.07, 6.45) is -5.03. The van der Waals surface area contributed by atoms with E-state index in [0.717, 1.165) is 5.56 Å². The highest BCUT2D eigenvalue weighted by Crippen LogP contribution is 2.38. The van der Waals surface area contributed by atoms with Crippen LogP contribution in [0.3, 0.4) is 0 Å². The topological polar surface area (TPSA) is 84.2 Å². The number of benzene rings is 3. The van der Waals surface area contributed by atoms with Gasteiger partial charge in [-0.3, -0.25) is 4.79 Å². The number of fused-ring (bicyclic) bond motifs is 1. The molecule has 0 bridgehead atoms. The molecule has 4 rings (SSSR count). The van der Waals surface area contributed by atoms with Crippen molar-refractivity contribution in [2.45, 2.75) is 19.7 Å². The van der Waals surface area contributed by atoms with Crippen LogP contribution in [0.4, 0.5) is 13.2 Å². The number of hydrogen-bond acceptors (Lipinski definition) is 7. The summed E-state index contributed by atoms with van der Waals surface area (Å²) in [6.45, 7) is 1.88. The van der Waals surface area contributed by atoms with Crippen molar-refractivity contribution in [2.24, 2.45) is 0 Å². The van der Waals surface area contributed by atoms with Gasteiger partial charge in [-0.1, -0.05) is 18.2 Å². The molecule has 0 radical (unpaired) electrons. The van der Waals surface area contributed by atoms with Crippen molar-refractivity contribution < 1.29 is 41.3 Å². The summed E-state index contributed by atoms with van der Waals surface area (Å²) in [4.78, 5) is 24.8. The molecule has 192 valence electrons. The van der Waals surface area contributed by atoms with E-state index < -0.39 is 29.1 Å². The number of carbonyl (C=O) groups is 1. The first-order valence-electron chi connectivity index (χ1n) is 11.1. The van der Waals surface area contributed by atoms with Gasteiger partial charge in [-0.2, -0.15) is 13.2 Å². The molecule has 10 heteroatoms. The highest BCUT2D eigenvalue weighted by molar-refractivity contribution is 5.89. The Kier molecular flexibility index (Phi) is 7.37. The molecule has 0 fully saturated rings. The summed E-state index contributed by atoms with van der Waals surface area (Å²) < 4.78 is 67.8. The van der Waals surface area contributed by atoms with Gasteiger partial charge in [-0.15, -0.1) is 0 Å². The molecular formula is C27H21F3O7. The number of methoxy groups -OCH3 is 1. The van der Waals surface area contributed by atoms with Crippen LogP contribution in [0.1, 0.15) is 28.6 Å². The van der Waals surface area contributed by atoms with Crippen molar-refractivity contribution in [2.75, 3.05) is 13.7 Å². The van der Waals surface area contributed by atoms with Crippen LogP contribution in [0, 0.1) is 0 Å². The van der Waals surface area contributed by atoms with E-state index in [1.807, 2.05) is 0 Å². The van der Waals surface area contributed by atoms with Crippen LogP contribution in [-0.4, -0.2) is 19.7 Å². The second kappa shape index (κ2) is 10.7. The van der Waals surface area contributed by atoms with E-state index in [4.69, 9.17) is 23.4 Å². The summed E-state index contributed by atoms with van der Waals surface area (Å²) in [5, 5.41) is -0.129. The van der Waals surface area contributed by atoms with E-state index in [0.29, 0.717) is 5.75 Å². The van der Waals surface area contributed by atoms with Crippen LogP contribution >= 0.6 is 0 Å². The highest BCUT2D eigenvalue weighted by atomic mass is 19.4. The lowest BCUT2D eigenvalue weighted by Crippen LogP contribution is -2.15. The monoisotopic (exact) mass is 514 g/mol. The average molecular weight is 514 g/mol. The van der Waals surface area contributed by atoms with E-state index >= 15 is 0 Å². The van der Waals surface area contributed by atoms with Crippen molar-refractivity contribution in [1.29, 1.82) is 0 Å². The Morgan fingerprint density at radius 2 is 1.68 bits per heavy atom. The largest absolute Gasteiger partial charge is 0.496 e. The Balaban J connectivity index is 1.66. The predicted molar refractivity (Wildman–Crippen MR) is 127 cm³/mol. The lowest BCUT2D eigenvalue weighted by atomic mass is 10.2. The number of halogens is 3. The second-order valence-corrected chi connectivity index (χ2v) is 7.69. The van der Waals surface area contributed by atoms with Crippen LogP contribution < -0.4 is 19.6 Å². The Labute approximate surface area is 208 Å². The molecule has 0 N–H and O–H groups in total. The molecule has 0 atom stereocenters. The molecule has 1 heterocycles. The number of carbonyl (C=O) groups excluding carboxylic acids is 1.